The Morgan fingerprint density at radius 2 is 2.06 bits per heavy atom. The Balaban J connectivity index is 2.22. The van der Waals surface area contributed by atoms with Gasteiger partial charge in [0.1, 0.15) is 11.6 Å². The first-order valence-electron chi connectivity index (χ1n) is 6.42. The maximum absolute atomic E-state index is 13.9. The standard InChI is InChI=1S/C14H20F2N2/c1-9-6-14(16)12(7-13(9)15)11(3)18-5-4-17-10(2)8-18/h6-7,10-11,17H,4-5,8H2,1-3H3. The molecule has 2 nitrogen and oxygen atoms in total. The summed E-state index contributed by atoms with van der Waals surface area (Å²) in [6.07, 6.45) is 0. The van der Waals surface area contributed by atoms with E-state index >= 15 is 0 Å². The van der Waals surface area contributed by atoms with E-state index in [1.165, 1.54) is 12.1 Å². The minimum absolute atomic E-state index is 0.0929. The number of piperazine rings is 1. The van der Waals surface area contributed by atoms with Crippen molar-refractivity contribution in [2.24, 2.45) is 0 Å². The minimum atomic E-state index is -0.332. The van der Waals surface area contributed by atoms with Gasteiger partial charge in [0.05, 0.1) is 0 Å². The van der Waals surface area contributed by atoms with Crippen LogP contribution in [0.25, 0.3) is 0 Å². The lowest BCUT2D eigenvalue weighted by Crippen LogP contribution is -2.49. The minimum Gasteiger partial charge on any atom is -0.312 e. The summed E-state index contributed by atoms with van der Waals surface area (Å²) in [4.78, 5) is 2.19. The molecule has 1 aromatic carbocycles. The first kappa shape index (κ1) is 13.4. The molecule has 2 atom stereocenters. The van der Waals surface area contributed by atoms with Crippen LogP contribution in [0.5, 0.6) is 0 Å². The van der Waals surface area contributed by atoms with Gasteiger partial charge in [-0.1, -0.05) is 0 Å². The van der Waals surface area contributed by atoms with Crippen molar-refractivity contribution in [3.05, 3.63) is 34.9 Å². The van der Waals surface area contributed by atoms with E-state index in [9.17, 15) is 8.78 Å². The van der Waals surface area contributed by atoms with E-state index in [2.05, 4.69) is 17.1 Å². The van der Waals surface area contributed by atoms with Gasteiger partial charge in [-0.15, -0.1) is 0 Å². The number of benzene rings is 1. The number of aryl methyl sites for hydroxylation is 1. The number of nitrogens with one attached hydrogen (secondary N) is 1. The first-order valence-corrected chi connectivity index (χ1v) is 6.42. The van der Waals surface area contributed by atoms with Crippen molar-refractivity contribution in [1.29, 1.82) is 0 Å². The predicted molar refractivity (Wildman–Crippen MR) is 68.5 cm³/mol. The number of nitrogens with zero attached hydrogens (tertiary/aromatic N) is 1. The van der Waals surface area contributed by atoms with Gasteiger partial charge < -0.3 is 5.32 Å². The van der Waals surface area contributed by atoms with Crippen LogP contribution in [0.4, 0.5) is 8.78 Å². The third kappa shape index (κ3) is 2.70. The van der Waals surface area contributed by atoms with E-state index in [-0.39, 0.29) is 17.7 Å². The van der Waals surface area contributed by atoms with E-state index < -0.39 is 0 Å². The van der Waals surface area contributed by atoms with Crippen LogP contribution in [0.1, 0.15) is 31.0 Å². The smallest absolute Gasteiger partial charge is 0.128 e. The summed E-state index contributed by atoms with van der Waals surface area (Å²) >= 11 is 0. The fraction of sp³-hybridized carbons (Fsp3) is 0.571. The zero-order chi connectivity index (χ0) is 13.3. The molecule has 0 spiro atoms. The van der Waals surface area contributed by atoms with Crippen LogP contribution < -0.4 is 5.32 Å². The Bertz CT molecular complexity index is 434. The van der Waals surface area contributed by atoms with Gasteiger partial charge in [-0.3, -0.25) is 4.90 Å². The topological polar surface area (TPSA) is 15.3 Å². The van der Waals surface area contributed by atoms with Crippen LogP contribution in [-0.4, -0.2) is 30.6 Å². The molecule has 0 radical (unpaired) electrons. The SMILES string of the molecule is Cc1cc(F)c(C(C)N2CCNC(C)C2)cc1F. The highest BCUT2D eigenvalue weighted by Crippen LogP contribution is 2.26. The first-order chi connectivity index (χ1) is 8.49. The summed E-state index contributed by atoms with van der Waals surface area (Å²) in [7, 11) is 0. The second kappa shape index (κ2) is 5.33. The number of rotatable bonds is 2. The van der Waals surface area contributed by atoms with Gasteiger partial charge in [-0.25, -0.2) is 8.78 Å². The van der Waals surface area contributed by atoms with E-state index in [0.29, 0.717) is 17.2 Å². The van der Waals surface area contributed by atoms with Crippen LogP contribution in [-0.2, 0) is 0 Å². The van der Waals surface area contributed by atoms with Crippen molar-refractivity contribution in [2.45, 2.75) is 32.9 Å². The molecule has 2 rings (SSSR count). The molecule has 1 fully saturated rings. The zero-order valence-electron chi connectivity index (χ0n) is 11.1. The van der Waals surface area contributed by atoms with E-state index in [1.807, 2.05) is 6.92 Å². The van der Waals surface area contributed by atoms with Gasteiger partial charge >= 0.3 is 0 Å². The third-order valence-corrected chi connectivity index (χ3v) is 3.68. The lowest BCUT2D eigenvalue weighted by Gasteiger charge is -2.36. The van der Waals surface area contributed by atoms with Crippen molar-refractivity contribution in [3.8, 4) is 0 Å². The van der Waals surface area contributed by atoms with Crippen molar-refractivity contribution in [2.75, 3.05) is 19.6 Å². The predicted octanol–water partition coefficient (Wildman–Crippen LogP) is 2.63. The van der Waals surface area contributed by atoms with E-state index in [1.54, 1.807) is 6.92 Å². The third-order valence-electron chi connectivity index (χ3n) is 3.68. The highest BCUT2D eigenvalue weighted by molar-refractivity contribution is 5.27. The average Bonchev–Trinajstić information content (AvgIpc) is 2.33. The molecule has 0 aliphatic carbocycles. The lowest BCUT2D eigenvalue weighted by atomic mass is 10.0. The molecule has 0 amide bonds. The molecule has 2 unspecified atom stereocenters. The van der Waals surface area contributed by atoms with Gasteiger partial charge in [0, 0.05) is 37.3 Å². The van der Waals surface area contributed by atoms with Crippen LogP contribution >= 0.6 is 0 Å². The molecule has 1 N–H and O–H groups in total. The molecule has 1 saturated heterocycles. The average molecular weight is 254 g/mol. The lowest BCUT2D eigenvalue weighted by molar-refractivity contribution is 0.156. The van der Waals surface area contributed by atoms with E-state index in [0.717, 1.165) is 19.6 Å². The zero-order valence-corrected chi connectivity index (χ0v) is 11.1. The molecule has 100 valence electrons. The molecule has 4 heteroatoms. The van der Waals surface area contributed by atoms with Crippen molar-refractivity contribution in [1.82, 2.24) is 10.2 Å². The molecule has 1 heterocycles. The number of hydrogen-bond acceptors (Lipinski definition) is 2. The summed E-state index contributed by atoms with van der Waals surface area (Å²) < 4.78 is 27.5. The van der Waals surface area contributed by atoms with Gasteiger partial charge in [-0.2, -0.15) is 0 Å². The van der Waals surface area contributed by atoms with Crippen molar-refractivity contribution in [3.63, 3.8) is 0 Å². The molecule has 1 aliphatic heterocycles. The van der Waals surface area contributed by atoms with Crippen LogP contribution in [0, 0.1) is 18.6 Å². The molecule has 0 bridgehead atoms. The fourth-order valence-electron chi connectivity index (χ4n) is 2.49. The fourth-order valence-corrected chi connectivity index (χ4v) is 2.49. The maximum Gasteiger partial charge on any atom is 0.128 e. The van der Waals surface area contributed by atoms with Crippen molar-refractivity contribution < 1.29 is 8.78 Å². The summed E-state index contributed by atoms with van der Waals surface area (Å²) in [6.45, 7) is 8.23. The van der Waals surface area contributed by atoms with Crippen molar-refractivity contribution >= 4 is 0 Å². The molecular weight excluding hydrogens is 234 g/mol. The second-order valence-corrected chi connectivity index (χ2v) is 5.15. The Hall–Kier alpha value is -1.00. The number of halogens is 2. The number of hydrogen-bond donors (Lipinski definition) is 1. The maximum atomic E-state index is 13.9. The van der Waals surface area contributed by atoms with Gasteiger partial charge in [0.15, 0.2) is 0 Å². The van der Waals surface area contributed by atoms with Gasteiger partial charge in [0.2, 0.25) is 0 Å². The van der Waals surface area contributed by atoms with Crippen LogP contribution in [0.3, 0.4) is 0 Å². The Morgan fingerprint density at radius 3 is 2.72 bits per heavy atom. The monoisotopic (exact) mass is 254 g/mol. The Morgan fingerprint density at radius 1 is 1.33 bits per heavy atom. The molecule has 0 aromatic heterocycles. The van der Waals surface area contributed by atoms with E-state index in [4.69, 9.17) is 0 Å². The summed E-state index contributed by atoms with van der Waals surface area (Å²) in [5, 5.41) is 3.34. The van der Waals surface area contributed by atoms with Crippen LogP contribution in [0.2, 0.25) is 0 Å². The summed E-state index contributed by atoms with van der Waals surface area (Å²) in [5.41, 5.74) is 0.810. The normalized spacial score (nSPS) is 23.1. The van der Waals surface area contributed by atoms with Gasteiger partial charge in [-0.05, 0) is 38.5 Å². The Labute approximate surface area is 107 Å². The van der Waals surface area contributed by atoms with Crippen LogP contribution in [0.15, 0.2) is 12.1 Å². The molecule has 0 saturated carbocycles. The summed E-state index contributed by atoms with van der Waals surface area (Å²) in [5.74, 6) is -0.644. The molecular formula is C14H20F2N2. The molecule has 1 aromatic rings. The highest BCUT2D eigenvalue weighted by Gasteiger charge is 2.24. The largest absolute Gasteiger partial charge is 0.312 e. The quantitative estimate of drug-likeness (QED) is 0.872. The molecule has 18 heavy (non-hydrogen) atoms. The van der Waals surface area contributed by atoms with Gasteiger partial charge in [0.25, 0.3) is 0 Å². The Kier molecular flexibility index (Phi) is 3.97. The molecule has 1 aliphatic rings. The second-order valence-electron chi connectivity index (χ2n) is 5.15. The summed E-state index contributed by atoms with van der Waals surface area (Å²) in [6, 6.07) is 2.92. The highest BCUT2D eigenvalue weighted by atomic mass is 19.1.